The second-order valence-corrected chi connectivity index (χ2v) is 15.2. The van der Waals surface area contributed by atoms with Gasteiger partial charge in [-0.1, -0.05) is 73.0 Å². The van der Waals surface area contributed by atoms with E-state index in [9.17, 15) is 34.5 Å². The molecule has 0 aliphatic heterocycles. The predicted molar refractivity (Wildman–Crippen MR) is 188 cm³/mol. The fourth-order valence-corrected chi connectivity index (χ4v) is 9.65. The zero-order valence-electron chi connectivity index (χ0n) is 28.5. The molecule has 51 heavy (non-hydrogen) atoms. The van der Waals surface area contributed by atoms with Gasteiger partial charge in [0.2, 0.25) is 0 Å². The lowest BCUT2D eigenvalue weighted by Crippen LogP contribution is -2.69. The quantitative estimate of drug-likeness (QED) is 0.208. The van der Waals surface area contributed by atoms with Gasteiger partial charge in [0, 0.05) is 22.4 Å². The summed E-state index contributed by atoms with van der Waals surface area (Å²) in [6.07, 6.45) is 4.37. The van der Waals surface area contributed by atoms with Crippen molar-refractivity contribution < 1.29 is 48.7 Å². The van der Waals surface area contributed by atoms with Gasteiger partial charge < -0.3 is 30.5 Å². The molecule has 0 bridgehead atoms. The number of para-hydroxylation sites is 2. The lowest BCUT2D eigenvalue weighted by atomic mass is 9.44. The first-order chi connectivity index (χ1) is 23.9. The van der Waals surface area contributed by atoms with E-state index >= 15 is 4.39 Å². The van der Waals surface area contributed by atoms with Crippen LogP contribution in [-0.2, 0) is 30.3 Å². The standard InChI is InChI=1S/C22H29FO5.C16H13Cl2NO4/c1-12-8-16-15-5-4-13-9-14(25)6-7-19(13,2)21(15,23)17(26)10-20(16,3)22(12,28)18(27)11-24;17-11-5-3-6-12(18)16(11)19-13-7-2-1-4-10(13)8-15(22)23-9-14(20)21/h6-7,9,12,15-17,24,26,28H,4-5,8,10-11H2,1-3H3;1-7,19H,8-9H2,(H,20,21)/t12-,15-,16-,17-,19-,20-,21-,22-;/m0./s1. The normalized spacial score (nSPS) is 33.4. The number of ketones is 2. The Labute approximate surface area is 305 Å². The van der Waals surface area contributed by atoms with Crippen molar-refractivity contribution in [2.45, 2.75) is 70.2 Å². The van der Waals surface area contributed by atoms with Crippen molar-refractivity contribution in [2.24, 2.45) is 28.6 Å². The molecule has 8 atom stereocenters. The van der Waals surface area contributed by atoms with Crippen LogP contribution in [0.2, 0.25) is 10.0 Å². The van der Waals surface area contributed by atoms with E-state index in [0.717, 1.165) is 0 Å². The number of aliphatic hydroxyl groups excluding tert-OH is 2. The number of hydrogen-bond acceptors (Lipinski definition) is 9. The lowest BCUT2D eigenvalue weighted by molar-refractivity contribution is -0.219. The van der Waals surface area contributed by atoms with Crippen LogP contribution in [-0.4, -0.2) is 74.5 Å². The molecule has 13 heteroatoms. The fraction of sp³-hybridized carbons (Fsp3) is 0.474. The molecule has 2 aromatic rings. The molecule has 0 unspecified atom stereocenters. The Morgan fingerprint density at radius 3 is 2.37 bits per heavy atom. The van der Waals surface area contributed by atoms with Crippen LogP contribution in [0.1, 0.15) is 52.0 Å². The summed E-state index contributed by atoms with van der Waals surface area (Å²) >= 11 is 12.2. The third kappa shape index (κ3) is 6.52. The maximum atomic E-state index is 16.9. The molecule has 3 fully saturated rings. The highest BCUT2D eigenvalue weighted by Crippen LogP contribution is 2.70. The number of nitrogens with one attached hydrogen (secondary N) is 1. The molecule has 274 valence electrons. The van der Waals surface area contributed by atoms with E-state index in [1.807, 2.05) is 0 Å². The topological polar surface area (TPSA) is 170 Å². The van der Waals surface area contributed by atoms with E-state index in [4.69, 9.17) is 28.3 Å². The first-order valence-electron chi connectivity index (χ1n) is 16.8. The van der Waals surface area contributed by atoms with Crippen molar-refractivity contribution in [1.29, 1.82) is 0 Å². The second-order valence-electron chi connectivity index (χ2n) is 14.4. The van der Waals surface area contributed by atoms with Gasteiger partial charge >= 0.3 is 11.9 Å². The Kier molecular flexibility index (Phi) is 10.9. The van der Waals surface area contributed by atoms with Gasteiger partial charge in [0.25, 0.3) is 0 Å². The molecule has 0 saturated heterocycles. The second kappa shape index (κ2) is 14.4. The molecule has 0 amide bonds. The van der Waals surface area contributed by atoms with Crippen molar-refractivity contribution in [3.05, 3.63) is 81.9 Å². The third-order valence-electron chi connectivity index (χ3n) is 11.7. The summed E-state index contributed by atoms with van der Waals surface area (Å²) in [6.45, 7) is 3.82. The van der Waals surface area contributed by atoms with Gasteiger partial charge in [-0.15, -0.1) is 0 Å². The average Bonchev–Trinajstić information content (AvgIpc) is 3.28. The molecule has 5 N–H and O–H groups in total. The molecule has 4 aliphatic carbocycles. The number of aliphatic hydroxyl groups is 3. The van der Waals surface area contributed by atoms with Crippen LogP contribution in [0, 0.1) is 28.6 Å². The van der Waals surface area contributed by atoms with E-state index in [1.165, 1.54) is 12.2 Å². The van der Waals surface area contributed by atoms with Crippen molar-refractivity contribution in [2.75, 3.05) is 18.5 Å². The number of fused-ring (bicyclic) bond motifs is 5. The lowest BCUT2D eigenvalue weighted by Gasteiger charge is -2.62. The Balaban J connectivity index is 0.000000202. The monoisotopic (exact) mass is 745 g/mol. The summed E-state index contributed by atoms with van der Waals surface area (Å²) in [4.78, 5) is 46.5. The van der Waals surface area contributed by atoms with E-state index in [2.05, 4.69) is 10.1 Å². The molecule has 3 saturated carbocycles. The Hall–Kier alpha value is -3.61. The van der Waals surface area contributed by atoms with Gasteiger partial charge in [0.1, 0.15) is 12.2 Å². The maximum absolute atomic E-state index is 16.9. The minimum atomic E-state index is -1.98. The Morgan fingerprint density at radius 2 is 1.73 bits per heavy atom. The number of hydrogen-bond donors (Lipinski definition) is 5. The number of alkyl halides is 1. The first-order valence-corrected chi connectivity index (χ1v) is 17.5. The molecule has 4 aliphatic rings. The average molecular weight is 747 g/mol. The minimum Gasteiger partial charge on any atom is -0.479 e. The molecule has 2 aromatic carbocycles. The molecule has 0 aromatic heterocycles. The summed E-state index contributed by atoms with van der Waals surface area (Å²) in [5.41, 5.74) is -3.37. The number of esters is 1. The molecular formula is C38H42Cl2FNO9. The van der Waals surface area contributed by atoms with Crippen LogP contribution in [0.5, 0.6) is 0 Å². The Bertz CT molecular complexity index is 1780. The van der Waals surface area contributed by atoms with Gasteiger partial charge in [-0.25, -0.2) is 9.18 Å². The molecule has 0 heterocycles. The number of carboxylic acid groups (broad SMARTS) is 1. The van der Waals surface area contributed by atoms with Gasteiger partial charge in [-0.2, -0.15) is 0 Å². The van der Waals surface area contributed by atoms with Crippen molar-refractivity contribution in [3.63, 3.8) is 0 Å². The van der Waals surface area contributed by atoms with Gasteiger partial charge in [0.05, 0.1) is 28.3 Å². The number of allylic oxidation sites excluding steroid dienone is 4. The number of ether oxygens (including phenoxy) is 1. The number of carboxylic acids is 1. The van der Waals surface area contributed by atoms with Crippen LogP contribution in [0.25, 0.3) is 0 Å². The number of carbonyl (C=O) groups excluding carboxylic acids is 3. The smallest absolute Gasteiger partial charge is 0.341 e. The maximum Gasteiger partial charge on any atom is 0.341 e. The summed E-state index contributed by atoms with van der Waals surface area (Å²) in [5.74, 6) is -3.95. The summed E-state index contributed by atoms with van der Waals surface area (Å²) in [7, 11) is 0. The third-order valence-corrected chi connectivity index (χ3v) is 12.4. The zero-order valence-corrected chi connectivity index (χ0v) is 30.0. The fourth-order valence-electron chi connectivity index (χ4n) is 9.16. The number of anilines is 2. The first kappa shape index (κ1) is 38.6. The van der Waals surface area contributed by atoms with Gasteiger partial charge in [0.15, 0.2) is 23.8 Å². The van der Waals surface area contributed by atoms with E-state index in [0.29, 0.717) is 51.8 Å². The summed E-state index contributed by atoms with van der Waals surface area (Å²) in [6, 6.07) is 12.2. The number of rotatable bonds is 8. The largest absolute Gasteiger partial charge is 0.479 e. The minimum absolute atomic E-state index is 0.0676. The number of halogens is 3. The predicted octanol–water partition coefficient (Wildman–Crippen LogP) is 5.80. The molecular weight excluding hydrogens is 704 g/mol. The summed E-state index contributed by atoms with van der Waals surface area (Å²) in [5, 5.41) is 44.5. The molecule has 0 spiro atoms. The molecule has 0 radical (unpaired) electrons. The SMILES string of the molecule is C[C@H]1C[C@H]2[C@@H]3CCC4=CC(=O)C=C[C@]4(C)[C@@]3(F)[C@@H](O)C[C@]2(C)[C@@]1(O)C(=O)CO.O=C(O)COC(=O)Cc1ccccc1Nc1c(Cl)cccc1Cl. The highest BCUT2D eigenvalue weighted by Gasteiger charge is 2.75. The molecule has 6 rings (SSSR count). The van der Waals surface area contributed by atoms with Crippen LogP contribution < -0.4 is 5.32 Å². The van der Waals surface area contributed by atoms with Crippen LogP contribution >= 0.6 is 23.2 Å². The highest BCUT2D eigenvalue weighted by molar-refractivity contribution is 6.39. The van der Waals surface area contributed by atoms with Crippen molar-refractivity contribution in [3.8, 4) is 0 Å². The van der Waals surface area contributed by atoms with Gasteiger partial charge in [-0.3, -0.25) is 14.4 Å². The number of benzene rings is 2. The summed E-state index contributed by atoms with van der Waals surface area (Å²) < 4.78 is 21.5. The number of Topliss-reactive ketones (excluding diaryl/α,β-unsaturated/α-hetero) is 1. The van der Waals surface area contributed by atoms with E-state index in [1.54, 1.807) is 69.3 Å². The molecule has 10 nitrogen and oxygen atoms in total. The Morgan fingerprint density at radius 1 is 1.06 bits per heavy atom. The van der Waals surface area contributed by atoms with Crippen LogP contribution in [0.15, 0.2) is 66.3 Å². The van der Waals surface area contributed by atoms with E-state index in [-0.39, 0.29) is 24.5 Å². The van der Waals surface area contributed by atoms with Gasteiger partial charge in [-0.05, 0) is 80.4 Å². The van der Waals surface area contributed by atoms with Crippen molar-refractivity contribution in [1.82, 2.24) is 0 Å². The van der Waals surface area contributed by atoms with Crippen molar-refractivity contribution >= 4 is 58.1 Å². The number of aliphatic carboxylic acids is 1. The van der Waals surface area contributed by atoms with E-state index < -0.39 is 71.0 Å². The van der Waals surface area contributed by atoms with Crippen LogP contribution in [0.3, 0.4) is 0 Å². The number of carbonyl (C=O) groups is 4. The van der Waals surface area contributed by atoms with Crippen LogP contribution in [0.4, 0.5) is 15.8 Å². The zero-order chi connectivity index (χ0) is 37.5. The highest BCUT2D eigenvalue weighted by atomic mass is 35.5.